The van der Waals surface area contributed by atoms with Gasteiger partial charge in [0.1, 0.15) is 6.04 Å². The van der Waals surface area contributed by atoms with Gasteiger partial charge in [-0.1, -0.05) is 72.8 Å². The van der Waals surface area contributed by atoms with Gasteiger partial charge in [0.05, 0.1) is 6.42 Å². The maximum absolute atomic E-state index is 12.3. The molecule has 0 fully saturated rings. The number of nitrogens with one attached hydrogen (secondary N) is 1. The molecule has 0 unspecified atom stereocenters. The molecule has 2 amide bonds. The monoisotopic (exact) mass is 332 g/mol. The third kappa shape index (κ3) is 4.44. The first kappa shape index (κ1) is 16.7. The number of hydrogen-bond donors (Lipinski definition) is 2. The fourth-order valence-electron chi connectivity index (χ4n) is 2.85. The number of hydrogen-bond acceptors (Lipinski definition) is 2. The van der Waals surface area contributed by atoms with Crippen LogP contribution in [0.1, 0.15) is 11.1 Å². The predicted molar refractivity (Wildman–Crippen MR) is 98.9 cm³/mol. The summed E-state index contributed by atoms with van der Waals surface area (Å²) in [5.74, 6) is -0.745. The van der Waals surface area contributed by atoms with Crippen LogP contribution in [0.2, 0.25) is 0 Å². The van der Waals surface area contributed by atoms with Gasteiger partial charge < -0.3 is 11.1 Å². The minimum Gasteiger partial charge on any atom is -0.368 e. The molecule has 0 saturated heterocycles. The zero-order valence-electron chi connectivity index (χ0n) is 13.8. The van der Waals surface area contributed by atoms with Crippen molar-refractivity contribution >= 4 is 22.6 Å². The van der Waals surface area contributed by atoms with Crippen LogP contribution in [0.3, 0.4) is 0 Å². The van der Waals surface area contributed by atoms with Crippen LogP contribution < -0.4 is 11.1 Å². The van der Waals surface area contributed by atoms with E-state index in [1.807, 2.05) is 72.8 Å². The van der Waals surface area contributed by atoms with Gasteiger partial charge >= 0.3 is 0 Å². The molecule has 0 aliphatic heterocycles. The fourth-order valence-corrected chi connectivity index (χ4v) is 2.85. The second-order valence-corrected chi connectivity index (χ2v) is 6.07. The average molecular weight is 332 g/mol. The zero-order chi connectivity index (χ0) is 17.6. The molecule has 0 radical (unpaired) electrons. The van der Waals surface area contributed by atoms with E-state index in [0.717, 1.165) is 21.9 Å². The molecule has 0 saturated carbocycles. The van der Waals surface area contributed by atoms with Crippen LogP contribution >= 0.6 is 0 Å². The molecular formula is C21H20N2O2. The molecule has 126 valence electrons. The Morgan fingerprint density at radius 1 is 0.840 bits per heavy atom. The lowest BCUT2D eigenvalue weighted by molar-refractivity contribution is -0.127. The van der Waals surface area contributed by atoms with Crippen molar-refractivity contribution in [2.75, 3.05) is 0 Å². The molecule has 1 atom stereocenters. The Bertz CT molecular complexity index is 891. The number of rotatable bonds is 6. The van der Waals surface area contributed by atoms with Crippen LogP contribution in [0.25, 0.3) is 10.8 Å². The van der Waals surface area contributed by atoms with E-state index < -0.39 is 11.9 Å². The standard InChI is InChI=1S/C21H20N2O2/c22-21(25)19(13-15-6-2-1-3-7-15)23-20(24)14-16-10-11-17-8-4-5-9-18(17)12-16/h1-12,19H,13-14H2,(H2,22,25)(H,23,24)/t19-/m0/s1. The number of amides is 2. The highest BCUT2D eigenvalue weighted by Crippen LogP contribution is 2.16. The van der Waals surface area contributed by atoms with Crippen molar-refractivity contribution in [3.8, 4) is 0 Å². The minimum atomic E-state index is -0.713. The van der Waals surface area contributed by atoms with E-state index in [4.69, 9.17) is 5.73 Å². The summed E-state index contributed by atoms with van der Waals surface area (Å²) in [5.41, 5.74) is 7.30. The molecule has 0 aliphatic rings. The first-order valence-electron chi connectivity index (χ1n) is 8.22. The van der Waals surface area contributed by atoms with E-state index >= 15 is 0 Å². The average Bonchev–Trinajstić information content (AvgIpc) is 2.62. The summed E-state index contributed by atoms with van der Waals surface area (Å²) in [7, 11) is 0. The molecular weight excluding hydrogens is 312 g/mol. The molecule has 3 aromatic rings. The molecule has 25 heavy (non-hydrogen) atoms. The third-order valence-electron chi connectivity index (χ3n) is 4.14. The van der Waals surface area contributed by atoms with E-state index in [9.17, 15) is 9.59 Å². The van der Waals surface area contributed by atoms with Gasteiger partial charge in [-0.3, -0.25) is 9.59 Å². The van der Waals surface area contributed by atoms with Crippen molar-refractivity contribution in [3.63, 3.8) is 0 Å². The lowest BCUT2D eigenvalue weighted by Crippen LogP contribution is -2.46. The molecule has 0 bridgehead atoms. The quantitative estimate of drug-likeness (QED) is 0.728. The summed E-state index contributed by atoms with van der Waals surface area (Å²) in [6.45, 7) is 0. The SMILES string of the molecule is NC(=O)[C@H](Cc1ccccc1)NC(=O)Cc1ccc2ccccc2c1. The summed E-state index contributed by atoms with van der Waals surface area (Å²) < 4.78 is 0. The van der Waals surface area contributed by atoms with Crippen molar-refractivity contribution in [1.29, 1.82) is 0 Å². The van der Waals surface area contributed by atoms with Gasteiger partial charge in [-0.15, -0.1) is 0 Å². The lowest BCUT2D eigenvalue weighted by atomic mass is 10.0. The molecule has 0 heterocycles. The zero-order valence-corrected chi connectivity index (χ0v) is 13.8. The Labute approximate surface area is 146 Å². The van der Waals surface area contributed by atoms with Gasteiger partial charge in [-0.25, -0.2) is 0 Å². The second kappa shape index (κ2) is 7.62. The molecule has 0 aromatic heterocycles. The fraction of sp³-hybridized carbons (Fsp3) is 0.143. The van der Waals surface area contributed by atoms with E-state index in [1.54, 1.807) is 0 Å². The number of benzene rings is 3. The van der Waals surface area contributed by atoms with E-state index in [1.165, 1.54) is 0 Å². The molecule has 0 spiro atoms. The molecule has 4 nitrogen and oxygen atoms in total. The Kier molecular flexibility index (Phi) is 5.09. The predicted octanol–water partition coefficient (Wildman–Crippen LogP) is 2.60. The summed E-state index contributed by atoms with van der Waals surface area (Å²) >= 11 is 0. The van der Waals surface area contributed by atoms with Gasteiger partial charge in [-0.05, 0) is 21.9 Å². The Hall–Kier alpha value is -3.14. The highest BCUT2D eigenvalue weighted by Gasteiger charge is 2.18. The van der Waals surface area contributed by atoms with E-state index in [2.05, 4.69) is 5.32 Å². The smallest absolute Gasteiger partial charge is 0.240 e. The van der Waals surface area contributed by atoms with Gasteiger partial charge in [0, 0.05) is 6.42 Å². The van der Waals surface area contributed by atoms with Crippen molar-refractivity contribution in [3.05, 3.63) is 83.9 Å². The summed E-state index contributed by atoms with van der Waals surface area (Å²) in [6.07, 6.45) is 0.600. The molecule has 3 aromatic carbocycles. The van der Waals surface area contributed by atoms with Crippen LogP contribution in [-0.4, -0.2) is 17.9 Å². The highest BCUT2D eigenvalue weighted by molar-refractivity contribution is 5.89. The Morgan fingerprint density at radius 2 is 1.52 bits per heavy atom. The van der Waals surface area contributed by atoms with Crippen LogP contribution in [0.15, 0.2) is 72.8 Å². The third-order valence-corrected chi connectivity index (χ3v) is 4.14. The normalized spacial score (nSPS) is 11.8. The summed E-state index contributed by atoms with van der Waals surface area (Å²) in [6, 6.07) is 22.7. The summed E-state index contributed by atoms with van der Waals surface area (Å²) in [4.78, 5) is 24.0. The van der Waals surface area contributed by atoms with Crippen molar-refractivity contribution in [1.82, 2.24) is 5.32 Å². The highest BCUT2D eigenvalue weighted by atomic mass is 16.2. The number of primary amides is 1. The van der Waals surface area contributed by atoms with E-state index in [-0.39, 0.29) is 12.3 Å². The van der Waals surface area contributed by atoms with Crippen molar-refractivity contribution in [2.24, 2.45) is 5.73 Å². The minimum absolute atomic E-state index is 0.212. The second-order valence-electron chi connectivity index (χ2n) is 6.07. The molecule has 0 aliphatic carbocycles. The first-order valence-corrected chi connectivity index (χ1v) is 8.22. The Morgan fingerprint density at radius 3 is 2.24 bits per heavy atom. The van der Waals surface area contributed by atoms with Crippen molar-refractivity contribution in [2.45, 2.75) is 18.9 Å². The lowest BCUT2D eigenvalue weighted by Gasteiger charge is -2.16. The number of carbonyl (C=O) groups excluding carboxylic acids is 2. The maximum atomic E-state index is 12.3. The largest absolute Gasteiger partial charge is 0.368 e. The van der Waals surface area contributed by atoms with Crippen LogP contribution in [0, 0.1) is 0 Å². The van der Waals surface area contributed by atoms with Crippen LogP contribution in [0.5, 0.6) is 0 Å². The summed E-state index contributed by atoms with van der Waals surface area (Å²) in [5, 5.41) is 4.96. The topological polar surface area (TPSA) is 72.2 Å². The number of fused-ring (bicyclic) bond motifs is 1. The van der Waals surface area contributed by atoms with Crippen molar-refractivity contribution < 1.29 is 9.59 Å². The first-order chi connectivity index (χ1) is 12.1. The molecule has 4 heteroatoms. The number of carbonyl (C=O) groups is 2. The van der Waals surface area contributed by atoms with Gasteiger partial charge in [0.2, 0.25) is 11.8 Å². The van der Waals surface area contributed by atoms with Crippen LogP contribution in [-0.2, 0) is 22.4 Å². The molecule has 3 rings (SSSR count). The van der Waals surface area contributed by atoms with E-state index in [0.29, 0.717) is 6.42 Å². The molecule has 3 N–H and O–H groups in total. The number of nitrogens with two attached hydrogens (primary N) is 1. The maximum Gasteiger partial charge on any atom is 0.240 e. The Balaban J connectivity index is 1.67. The van der Waals surface area contributed by atoms with Gasteiger partial charge in [0.15, 0.2) is 0 Å². The van der Waals surface area contributed by atoms with Gasteiger partial charge in [0.25, 0.3) is 0 Å². The van der Waals surface area contributed by atoms with Gasteiger partial charge in [-0.2, -0.15) is 0 Å². The van der Waals surface area contributed by atoms with Crippen LogP contribution in [0.4, 0.5) is 0 Å².